The van der Waals surface area contributed by atoms with Gasteiger partial charge in [0.15, 0.2) is 0 Å². The molecule has 58 valence electrons. The number of amides is 3. The molecule has 0 rings (SSSR count). The number of hydrogen-bond acceptors (Lipinski definition) is 2. The smallest absolute Gasteiger partial charge is 0.321 e. The summed E-state index contributed by atoms with van der Waals surface area (Å²) < 4.78 is 0. The maximum atomic E-state index is 10.8. The van der Waals surface area contributed by atoms with Crippen LogP contribution in [-0.2, 0) is 4.79 Å². The Balaban J connectivity index is 4.06. The van der Waals surface area contributed by atoms with Crippen LogP contribution in [0.5, 0.6) is 0 Å². The minimum absolute atomic E-state index is 0.227. The molecule has 0 atom stereocenters. The Morgan fingerprint density at radius 3 is 2.00 bits per heavy atom. The van der Waals surface area contributed by atoms with Gasteiger partial charge < -0.3 is 5.73 Å². The molecule has 10 heavy (non-hydrogen) atoms. The number of primary amides is 1. The van der Waals surface area contributed by atoms with Gasteiger partial charge in [-0.05, 0) is 6.92 Å². The number of carbonyl (C=O) groups excluding carboxylic acids is 2. The molecule has 0 aliphatic rings. The van der Waals surface area contributed by atoms with E-state index in [0.717, 1.165) is 4.90 Å². The Morgan fingerprint density at radius 1 is 1.40 bits per heavy atom. The van der Waals surface area contributed by atoms with E-state index in [-0.39, 0.29) is 5.91 Å². The van der Waals surface area contributed by atoms with E-state index >= 15 is 0 Å². The average molecular weight is 144 g/mol. The molecule has 4 nitrogen and oxygen atoms in total. The van der Waals surface area contributed by atoms with Gasteiger partial charge in [-0.2, -0.15) is 0 Å². The third-order valence-corrected chi connectivity index (χ3v) is 1.19. The maximum Gasteiger partial charge on any atom is 0.321 e. The average Bonchev–Trinajstić information content (AvgIpc) is 1.88. The fourth-order valence-electron chi connectivity index (χ4n) is 0.646. The Kier molecular flexibility index (Phi) is 3.46. The lowest BCUT2D eigenvalue weighted by atomic mass is 10.4. The number of urea groups is 1. The molecule has 4 heteroatoms. The van der Waals surface area contributed by atoms with Gasteiger partial charge in [-0.25, -0.2) is 4.79 Å². The van der Waals surface area contributed by atoms with Crippen LogP contribution in [0.2, 0.25) is 0 Å². The molecule has 2 N–H and O–H groups in total. The van der Waals surface area contributed by atoms with Crippen molar-refractivity contribution in [2.45, 2.75) is 20.3 Å². The van der Waals surface area contributed by atoms with Crippen molar-refractivity contribution in [2.24, 2.45) is 5.73 Å². The van der Waals surface area contributed by atoms with E-state index in [9.17, 15) is 9.59 Å². The first-order chi connectivity index (χ1) is 4.63. The Labute approximate surface area is 60.0 Å². The van der Waals surface area contributed by atoms with Gasteiger partial charge in [-0.1, -0.05) is 6.92 Å². The van der Waals surface area contributed by atoms with E-state index in [2.05, 4.69) is 0 Å². The molecule has 0 saturated heterocycles. The van der Waals surface area contributed by atoms with Crippen LogP contribution < -0.4 is 5.73 Å². The first kappa shape index (κ1) is 8.94. The minimum atomic E-state index is -0.672. The molecular formula is C6H12N2O2. The van der Waals surface area contributed by atoms with Crippen molar-refractivity contribution in [3.05, 3.63) is 0 Å². The van der Waals surface area contributed by atoms with Crippen molar-refractivity contribution < 1.29 is 9.59 Å². The third kappa shape index (κ3) is 2.05. The summed E-state index contributed by atoms with van der Waals surface area (Å²) >= 11 is 0. The van der Waals surface area contributed by atoms with Crippen LogP contribution in [0.25, 0.3) is 0 Å². The lowest BCUT2D eigenvalue weighted by Gasteiger charge is -2.14. The SMILES string of the molecule is CCC(=O)N(CC)C(N)=O. The molecule has 0 radical (unpaired) electrons. The van der Waals surface area contributed by atoms with Gasteiger partial charge >= 0.3 is 6.03 Å². The maximum absolute atomic E-state index is 10.8. The van der Waals surface area contributed by atoms with Gasteiger partial charge in [0.2, 0.25) is 5.91 Å². The van der Waals surface area contributed by atoms with Crippen LogP contribution in [0.1, 0.15) is 20.3 Å². The summed E-state index contributed by atoms with van der Waals surface area (Å²) in [5.74, 6) is -0.227. The van der Waals surface area contributed by atoms with Crippen molar-refractivity contribution >= 4 is 11.9 Å². The number of nitrogens with zero attached hydrogens (tertiary/aromatic N) is 1. The fourth-order valence-corrected chi connectivity index (χ4v) is 0.646. The van der Waals surface area contributed by atoms with E-state index in [1.807, 2.05) is 0 Å². The molecule has 3 amide bonds. The van der Waals surface area contributed by atoms with Gasteiger partial charge in [0.1, 0.15) is 0 Å². The number of carbonyl (C=O) groups is 2. The number of rotatable bonds is 2. The summed E-state index contributed by atoms with van der Waals surface area (Å²) in [5.41, 5.74) is 4.89. The fraction of sp³-hybridized carbons (Fsp3) is 0.667. The highest BCUT2D eigenvalue weighted by Gasteiger charge is 2.13. The lowest BCUT2D eigenvalue weighted by molar-refractivity contribution is -0.127. The van der Waals surface area contributed by atoms with E-state index in [1.165, 1.54) is 0 Å². The second-order valence-electron chi connectivity index (χ2n) is 1.83. The first-order valence-corrected chi connectivity index (χ1v) is 3.23. The highest BCUT2D eigenvalue weighted by Crippen LogP contribution is 1.91. The van der Waals surface area contributed by atoms with Crippen molar-refractivity contribution in [3.63, 3.8) is 0 Å². The molecule has 0 aliphatic heterocycles. The van der Waals surface area contributed by atoms with Crippen molar-refractivity contribution in [2.75, 3.05) is 6.54 Å². The van der Waals surface area contributed by atoms with Gasteiger partial charge in [0.25, 0.3) is 0 Å². The topological polar surface area (TPSA) is 63.4 Å². The summed E-state index contributed by atoms with van der Waals surface area (Å²) in [6, 6.07) is -0.672. The van der Waals surface area contributed by atoms with E-state index in [1.54, 1.807) is 13.8 Å². The Hall–Kier alpha value is -1.06. The summed E-state index contributed by atoms with van der Waals surface area (Å²) in [5, 5.41) is 0. The zero-order chi connectivity index (χ0) is 8.15. The molecule has 0 bridgehead atoms. The second kappa shape index (κ2) is 3.87. The highest BCUT2D eigenvalue weighted by atomic mass is 16.2. The molecule has 0 aromatic carbocycles. The molecule has 0 unspecified atom stereocenters. The van der Waals surface area contributed by atoms with Gasteiger partial charge in [-0.3, -0.25) is 9.69 Å². The van der Waals surface area contributed by atoms with Crippen LogP contribution in [0.15, 0.2) is 0 Å². The lowest BCUT2D eigenvalue weighted by Crippen LogP contribution is -2.39. The van der Waals surface area contributed by atoms with E-state index in [4.69, 9.17) is 5.73 Å². The molecule has 0 aromatic heterocycles. The molecule has 0 fully saturated rings. The van der Waals surface area contributed by atoms with Crippen molar-refractivity contribution in [1.82, 2.24) is 4.90 Å². The number of nitrogens with two attached hydrogens (primary N) is 1. The standard InChI is InChI=1S/C6H12N2O2/c1-3-5(9)8(4-2)6(7)10/h3-4H2,1-2H3,(H2,7,10). The predicted molar refractivity (Wildman–Crippen MR) is 37.3 cm³/mol. The third-order valence-electron chi connectivity index (χ3n) is 1.19. The largest absolute Gasteiger partial charge is 0.351 e. The Bertz CT molecular complexity index is 145. The van der Waals surface area contributed by atoms with E-state index < -0.39 is 6.03 Å². The predicted octanol–water partition coefficient (Wildman–Crippen LogP) is 0.324. The van der Waals surface area contributed by atoms with Gasteiger partial charge in [0, 0.05) is 13.0 Å². The van der Waals surface area contributed by atoms with Gasteiger partial charge in [-0.15, -0.1) is 0 Å². The quantitative estimate of drug-likeness (QED) is 0.606. The highest BCUT2D eigenvalue weighted by molar-refractivity contribution is 5.93. The number of imide groups is 1. The minimum Gasteiger partial charge on any atom is -0.351 e. The van der Waals surface area contributed by atoms with Crippen LogP contribution in [0, 0.1) is 0 Å². The molecular weight excluding hydrogens is 132 g/mol. The van der Waals surface area contributed by atoms with Crippen LogP contribution >= 0.6 is 0 Å². The van der Waals surface area contributed by atoms with Crippen molar-refractivity contribution in [1.29, 1.82) is 0 Å². The second-order valence-corrected chi connectivity index (χ2v) is 1.83. The normalized spacial score (nSPS) is 9.00. The molecule has 0 heterocycles. The zero-order valence-electron chi connectivity index (χ0n) is 6.26. The monoisotopic (exact) mass is 144 g/mol. The summed E-state index contributed by atoms with van der Waals surface area (Å²) in [6.45, 7) is 3.74. The summed E-state index contributed by atoms with van der Waals surface area (Å²) in [4.78, 5) is 22.3. The van der Waals surface area contributed by atoms with Crippen LogP contribution in [-0.4, -0.2) is 23.4 Å². The molecule has 0 aliphatic carbocycles. The summed E-state index contributed by atoms with van der Waals surface area (Å²) in [6.07, 6.45) is 0.316. The van der Waals surface area contributed by atoms with Gasteiger partial charge in [0.05, 0.1) is 0 Å². The zero-order valence-corrected chi connectivity index (χ0v) is 6.26. The van der Waals surface area contributed by atoms with Crippen molar-refractivity contribution in [3.8, 4) is 0 Å². The van der Waals surface area contributed by atoms with E-state index in [0.29, 0.717) is 13.0 Å². The molecule has 0 aromatic rings. The molecule has 0 saturated carbocycles. The Morgan fingerprint density at radius 2 is 1.90 bits per heavy atom. The van der Waals surface area contributed by atoms with Crippen LogP contribution in [0.4, 0.5) is 4.79 Å². The first-order valence-electron chi connectivity index (χ1n) is 3.23. The summed E-state index contributed by atoms with van der Waals surface area (Å²) in [7, 11) is 0. The number of hydrogen-bond donors (Lipinski definition) is 1. The van der Waals surface area contributed by atoms with Crippen LogP contribution in [0.3, 0.4) is 0 Å². The molecule has 0 spiro atoms.